The molecule has 3 rings (SSSR count). The number of furan rings is 1. The first-order valence-electron chi connectivity index (χ1n) is 9.89. The van der Waals surface area contributed by atoms with Gasteiger partial charge in [0.15, 0.2) is 0 Å². The summed E-state index contributed by atoms with van der Waals surface area (Å²) in [6.45, 7) is 5.36. The summed E-state index contributed by atoms with van der Waals surface area (Å²) in [6, 6.07) is 4.19. The van der Waals surface area contributed by atoms with E-state index in [2.05, 4.69) is 10.2 Å². The Kier molecular flexibility index (Phi) is 10.2. The van der Waals surface area contributed by atoms with Gasteiger partial charge in [-0.15, -0.1) is 24.8 Å². The summed E-state index contributed by atoms with van der Waals surface area (Å²) in [6.07, 6.45) is 8.86. The van der Waals surface area contributed by atoms with Crippen molar-refractivity contribution in [3.8, 4) is 0 Å². The maximum Gasteiger partial charge on any atom is 0.220 e. The molecule has 1 aromatic rings. The molecule has 1 unspecified atom stereocenters. The van der Waals surface area contributed by atoms with Crippen LogP contribution in [0.25, 0.3) is 0 Å². The molecule has 2 aliphatic rings. The number of carbonyl (C=O) groups excluding carboxylic acids is 1. The van der Waals surface area contributed by atoms with Crippen LogP contribution in [0.4, 0.5) is 0 Å². The van der Waals surface area contributed by atoms with Crippen LogP contribution in [0.3, 0.4) is 0 Å². The van der Waals surface area contributed by atoms with E-state index >= 15 is 0 Å². The molecule has 156 valence electrons. The van der Waals surface area contributed by atoms with E-state index in [-0.39, 0.29) is 42.2 Å². The van der Waals surface area contributed by atoms with Crippen LogP contribution in [-0.2, 0) is 4.79 Å². The number of hydrogen-bond acceptors (Lipinski definition) is 4. The summed E-state index contributed by atoms with van der Waals surface area (Å²) in [4.78, 5) is 15.0. The number of amides is 1. The molecule has 0 radical (unpaired) electrons. The van der Waals surface area contributed by atoms with Gasteiger partial charge in [0.25, 0.3) is 0 Å². The smallest absolute Gasteiger partial charge is 0.220 e. The average Bonchev–Trinajstić information content (AvgIpc) is 3.28. The van der Waals surface area contributed by atoms with E-state index in [1.54, 1.807) is 0 Å². The topological polar surface area (TPSA) is 71.5 Å². The van der Waals surface area contributed by atoms with Crippen molar-refractivity contribution >= 4 is 30.7 Å². The average molecular weight is 420 g/mol. The van der Waals surface area contributed by atoms with Crippen molar-refractivity contribution in [3.05, 3.63) is 23.7 Å². The standard InChI is InChI=1S/C20H33N3O2.2ClH/c1-16-7-8-18(25-16)17(23-11-5-6-12-23)14-22-19(24)13-20(15-21)9-3-2-4-10-20;;/h7-8,17H,2-6,9-15,21H2,1H3,(H,22,24);2*1H. The van der Waals surface area contributed by atoms with Gasteiger partial charge in [-0.2, -0.15) is 0 Å². The minimum Gasteiger partial charge on any atom is -0.465 e. The van der Waals surface area contributed by atoms with E-state index < -0.39 is 0 Å². The minimum absolute atomic E-state index is 0. The molecule has 0 aromatic carbocycles. The summed E-state index contributed by atoms with van der Waals surface area (Å²) in [5, 5.41) is 3.18. The first-order chi connectivity index (χ1) is 12.1. The first-order valence-corrected chi connectivity index (χ1v) is 9.89. The third-order valence-electron chi connectivity index (χ3n) is 6.05. The van der Waals surface area contributed by atoms with Crippen LogP contribution in [0.5, 0.6) is 0 Å². The Morgan fingerprint density at radius 2 is 1.85 bits per heavy atom. The highest BCUT2D eigenvalue weighted by Crippen LogP contribution is 2.38. The van der Waals surface area contributed by atoms with Crippen LogP contribution in [0.2, 0.25) is 0 Å². The Labute approximate surface area is 175 Å². The number of nitrogens with one attached hydrogen (secondary N) is 1. The summed E-state index contributed by atoms with van der Waals surface area (Å²) in [5.74, 6) is 2.03. The Hall–Kier alpha value is -0.750. The fourth-order valence-electron chi connectivity index (χ4n) is 4.46. The predicted molar refractivity (Wildman–Crippen MR) is 114 cm³/mol. The van der Waals surface area contributed by atoms with Crippen molar-refractivity contribution in [1.82, 2.24) is 10.2 Å². The van der Waals surface area contributed by atoms with Gasteiger partial charge in [0, 0.05) is 13.0 Å². The van der Waals surface area contributed by atoms with Gasteiger partial charge < -0.3 is 15.5 Å². The Morgan fingerprint density at radius 3 is 2.41 bits per heavy atom. The summed E-state index contributed by atoms with van der Waals surface area (Å²) >= 11 is 0. The summed E-state index contributed by atoms with van der Waals surface area (Å²) < 4.78 is 5.87. The molecular formula is C20H35Cl2N3O2. The number of carbonyl (C=O) groups is 1. The molecule has 2 heterocycles. The highest BCUT2D eigenvalue weighted by Gasteiger charge is 2.33. The SMILES string of the molecule is Cc1ccc(C(CNC(=O)CC2(CN)CCCCC2)N2CCCC2)o1.Cl.Cl. The third kappa shape index (κ3) is 6.38. The van der Waals surface area contributed by atoms with Crippen LogP contribution < -0.4 is 11.1 Å². The number of nitrogens with two attached hydrogens (primary N) is 1. The molecule has 27 heavy (non-hydrogen) atoms. The fourth-order valence-corrected chi connectivity index (χ4v) is 4.46. The Bertz CT molecular complexity index is 567. The number of hydrogen-bond donors (Lipinski definition) is 2. The van der Waals surface area contributed by atoms with Gasteiger partial charge in [-0.05, 0) is 69.8 Å². The molecule has 7 heteroatoms. The number of nitrogens with zero attached hydrogens (tertiary/aromatic N) is 1. The van der Waals surface area contributed by atoms with Gasteiger partial charge in [0.2, 0.25) is 5.91 Å². The second kappa shape index (κ2) is 11.3. The van der Waals surface area contributed by atoms with Gasteiger partial charge in [0.1, 0.15) is 11.5 Å². The van der Waals surface area contributed by atoms with Gasteiger partial charge in [0.05, 0.1) is 6.04 Å². The van der Waals surface area contributed by atoms with Crippen molar-refractivity contribution in [2.75, 3.05) is 26.2 Å². The number of likely N-dealkylation sites (tertiary alicyclic amines) is 1. The molecule has 0 spiro atoms. The van der Waals surface area contributed by atoms with E-state index in [1.807, 2.05) is 19.1 Å². The van der Waals surface area contributed by atoms with Gasteiger partial charge in [-0.3, -0.25) is 9.69 Å². The van der Waals surface area contributed by atoms with E-state index in [0.29, 0.717) is 19.5 Å². The lowest BCUT2D eigenvalue weighted by molar-refractivity contribution is -0.124. The first kappa shape index (κ1) is 24.3. The second-order valence-electron chi connectivity index (χ2n) is 7.95. The van der Waals surface area contributed by atoms with Gasteiger partial charge in [-0.1, -0.05) is 19.3 Å². The van der Waals surface area contributed by atoms with Crippen LogP contribution in [-0.4, -0.2) is 37.0 Å². The van der Waals surface area contributed by atoms with Crippen molar-refractivity contribution < 1.29 is 9.21 Å². The zero-order valence-electron chi connectivity index (χ0n) is 16.4. The van der Waals surface area contributed by atoms with Crippen molar-refractivity contribution in [2.45, 2.75) is 64.3 Å². The van der Waals surface area contributed by atoms with Crippen molar-refractivity contribution in [1.29, 1.82) is 0 Å². The highest BCUT2D eigenvalue weighted by atomic mass is 35.5. The maximum atomic E-state index is 12.6. The second-order valence-corrected chi connectivity index (χ2v) is 7.95. The Balaban J connectivity index is 0.00000182. The largest absolute Gasteiger partial charge is 0.465 e. The molecule has 1 aromatic heterocycles. The minimum atomic E-state index is 0. The molecular weight excluding hydrogens is 385 g/mol. The van der Waals surface area contributed by atoms with E-state index in [4.69, 9.17) is 10.2 Å². The van der Waals surface area contributed by atoms with Crippen LogP contribution in [0.15, 0.2) is 16.5 Å². The van der Waals surface area contributed by atoms with E-state index in [1.165, 1.54) is 32.1 Å². The lowest BCUT2D eigenvalue weighted by atomic mass is 9.71. The van der Waals surface area contributed by atoms with E-state index in [9.17, 15) is 4.79 Å². The van der Waals surface area contributed by atoms with E-state index in [0.717, 1.165) is 37.5 Å². The molecule has 5 nitrogen and oxygen atoms in total. The lowest BCUT2D eigenvalue weighted by Crippen LogP contribution is -2.41. The summed E-state index contributed by atoms with van der Waals surface area (Å²) in [7, 11) is 0. The molecule has 2 fully saturated rings. The number of rotatable bonds is 7. The zero-order valence-corrected chi connectivity index (χ0v) is 18.0. The lowest BCUT2D eigenvalue weighted by Gasteiger charge is -2.36. The predicted octanol–water partition coefficient (Wildman–Crippen LogP) is 3.98. The molecule has 1 atom stereocenters. The number of halogens is 2. The summed E-state index contributed by atoms with van der Waals surface area (Å²) in [5.41, 5.74) is 6.05. The molecule has 1 saturated heterocycles. The molecule has 1 amide bonds. The molecule has 1 aliphatic heterocycles. The third-order valence-corrected chi connectivity index (χ3v) is 6.05. The molecule has 3 N–H and O–H groups in total. The fraction of sp³-hybridized carbons (Fsp3) is 0.750. The van der Waals surface area contributed by atoms with Gasteiger partial charge >= 0.3 is 0 Å². The molecule has 1 saturated carbocycles. The Morgan fingerprint density at radius 1 is 1.19 bits per heavy atom. The number of aryl methyl sites for hydroxylation is 1. The van der Waals surface area contributed by atoms with Crippen LogP contribution in [0.1, 0.15) is 68.9 Å². The van der Waals surface area contributed by atoms with Gasteiger partial charge in [-0.25, -0.2) is 0 Å². The molecule has 1 aliphatic carbocycles. The van der Waals surface area contributed by atoms with Crippen molar-refractivity contribution in [3.63, 3.8) is 0 Å². The quantitative estimate of drug-likeness (QED) is 0.700. The van der Waals surface area contributed by atoms with Crippen LogP contribution >= 0.6 is 24.8 Å². The highest BCUT2D eigenvalue weighted by molar-refractivity contribution is 5.85. The van der Waals surface area contributed by atoms with Crippen molar-refractivity contribution in [2.24, 2.45) is 11.1 Å². The zero-order chi connectivity index (χ0) is 17.7. The normalized spacial score (nSPS) is 20.4. The maximum absolute atomic E-state index is 12.6. The van der Waals surface area contributed by atoms with Crippen LogP contribution in [0, 0.1) is 12.3 Å². The molecule has 0 bridgehead atoms. The monoisotopic (exact) mass is 419 g/mol.